The molecule has 0 aliphatic carbocycles. The normalized spacial score (nSPS) is 15.7. The van der Waals surface area contributed by atoms with Crippen LogP contribution in [0, 0.1) is 0 Å². The average molecular weight is 291 g/mol. The summed E-state index contributed by atoms with van der Waals surface area (Å²) < 4.78 is 0. The Morgan fingerprint density at radius 1 is 1.19 bits per heavy atom. The van der Waals surface area contributed by atoms with Crippen LogP contribution in [-0.2, 0) is 4.79 Å². The van der Waals surface area contributed by atoms with Crippen molar-refractivity contribution in [3.63, 3.8) is 0 Å². The van der Waals surface area contributed by atoms with Crippen LogP contribution in [0.5, 0.6) is 5.75 Å². The van der Waals surface area contributed by atoms with E-state index in [4.69, 9.17) is 5.73 Å². The largest absolute Gasteiger partial charge is 0.508 e. The van der Waals surface area contributed by atoms with Crippen molar-refractivity contribution in [2.75, 3.05) is 31.9 Å². The molecule has 1 heterocycles. The number of nitrogen functional groups attached to an aromatic ring is 1. The highest BCUT2D eigenvalue weighted by atomic mass is 16.3. The van der Waals surface area contributed by atoms with Crippen LogP contribution in [0.25, 0.3) is 0 Å². The minimum Gasteiger partial charge on any atom is -0.508 e. The molecule has 1 saturated heterocycles. The summed E-state index contributed by atoms with van der Waals surface area (Å²) in [6.07, 6.45) is 1.23. The molecule has 6 heteroatoms. The van der Waals surface area contributed by atoms with E-state index in [0.29, 0.717) is 43.9 Å². The summed E-state index contributed by atoms with van der Waals surface area (Å²) in [5, 5.41) is 9.51. The summed E-state index contributed by atoms with van der Waals surface area (Å²) in [5.74, 6) is -0.0690. The zero-order valence-corrected chi connectivity index (χ0v) is 12.2. The van der Waals surface area contributed by atoms with Crippen molar-refractivity contribution in [2.24, 2.45) is 0 Å². The number of nitrogens with zero attached hydrogens (tertiary/aromatic N) is 2. The van der Waals surface area contributed by atoms with E-state index in [1.807, 2.05) is 6.92 Å². The van der Waals surface area contributed by atoms with Gasteiger partial charge in [0.05, 0.1) is 5.56 Å². The van der Waals surface area contributed by atoms with Crippen LogP contribution in [0.3, 0.4) is 0 Å². The Labute approximate surface area is 124 Å². The molecular formula is C15H21N3O3. The number of aromatic hydroxyl groups is 1. The molecule has 1 aliphatic rings. The molecule has 0 spiro atoms. The molecule has 2 amide bonds. The van der Waals surface area contributed by atoms with Crippen LogP contribution in [0.1, 0.15) is 30.1 Å². The Bertz CT molecular complexity index is 545. The molecule has 0 bridgehead atoms. The zero-order valence-electron chi connectivity index (χ0n) is 12.2. The first-order valence-corrected chi connectivity index (χ1v) is 7.18. The number of carbonyl (C=O) groups is 2. The van der Waals surface area contributed by atoms with E-state index in [0.717, 1.165) is 6.42 Å². The van der Waals surface area contributed by atoms with Gasteiger partial charge >= 0.3 is 0 Å². The molecule has 1 aromatic carbocycles. The van der Waals surface area contributed by atoms with Gasteiger partial charge in [0.25, 0.3) is 5.91 Å². The Morgan fingerprint density at radius 3 is 2.57 bits per heavy atom. The fourth-order valence-corrected chi connectivity index (χ4v) is 2.49. The van der Waals surface area contributed by atoms with Gasteiger partial charge in [-0.15, -0.1) is 0 Å². The lowest BCUT2D eigenvalue weighted by Crippen LogP contribution is -2.37. The van der Waals surface area contributed by atoms with Gasteiger partial charge in [-0.05, 0) is 24.6 Å². The molecule has 114 valence electrons. The first-order chi connectivity index (χ1) is 10.0. The van der Waals surface area contributed by atoms with Crippen LogP contribution in [-0.4, -0.2) is 52.9 Å². The summed E-state index contributed by atoms with van der Waals surface area (Å²) in [6, 6.07) is 4.36. The maximum absolute atomic E-state index is 12.5. The van der Waals surface area contributed by atoms with Gasteiger partial charge in [0.15, 0.2) is 0 Å². The molecule has 0 unspecified atom stereocenters. The first kappa shape index (κ1) is 15.2. The number of nitrogens with two attached hydrogens (primary N) is 1. The lowest BCUT2D eigenvalue weighted by molar-refractivity contribution is -0.130. The van der Waals surface area contributed by atoms with Crippen LogP contribution in [0.4, 0.5) is 5.69 Å². The van der Waals surface area contributed by atoms with Gasteiger partial charge in [0.1, 0.15) is 5.75 Å². The fourth-order valence-electron chi connectivity index (χ4n) is 2.49. The van der Waals surface area contributed by atoms with E-state index in [9.17, 15) is 14.7 Å². The highest BCUT2D eigenvalue weighted by molar-refractivity contribution is 5.99. The lowest BCUT2D eigenvalue weighted by atomic mass is 10.1. The second-order valence-electron chi connectivity index (χ2n) is 5.15. The Balaban J connectivity index is 2.10. The molecular weight excluding hydrogens is 270 g/mol. The SMILES string of the molecule is CCC(=O)N1CCCN(C(=O)c2cc(O)ccc2N)CC1. The smallest absolute Gasteiger partial charge is 0.256 e. The summed E-state index contributed by atoms with van der Waals surface area (Å²) in [5.41, 5.74) is 6.47. The second kappa shape index (κ2) is 6.47. The van der Waals surface area contributed by atoms with E-state index in [-0.39, 0.29) is 17.6 Å². The second-order valence-corrected chi connectivity index (χ2v) is 5.15. The minimum atomic E-state index is -0.200. The van der Waals surface area contributed by atoms with Crippen LogP contribution >= 0.6 is 0 Å². The van der Waals surface area contributed by atoms with Crippen molar-refractivity contribution in [3.8, 4) is 5.75 Å². The molecule has 0 radical (unpaired) electrons. The predicted molar refractivity (Wildman–Crippen MR) is 79.9 cm³/mol. The number of carbonyl (C=O) groups excluding carboxylic acids is 2. The molecule has 1 aromatic rings. The molecule has 2 rings (SSSR count). The van der Waals surface area contributed by atoms with Gasteiger partial charge in [0, 0.05) is 38.3 Å². The predicted octanol–water partition coefficient (Wildman–Crippen LogP) is 1.06. The molecule has 0 saturated carbocycles. The highest BCUT2D eigenvalue weighted by Gasteiger charge is 2.23. The quantitative estimate of drug-likeness (QED) is 0.630. The molecule has 0 aromatic heterocycles. The van der Waals surface area contributed by atoms with E-state index < -0.39 is 0 Å². The third-order valence-electron chi connectivity index (χ3n) is 3.71. The van der Waals surface area contributed by atoms with Gasteiger partial charge in [-0.2, -0.15) is 0 Å². The number of benzene rings is 1. The summed E-state index contributed by atoms with van der Waals surface area (Å²) in [7, 11) is 0. The van der Waals surface area contributed by atoms with Crippen LogP contribution < -0.4 is 5.73 Å². The van der Waals surface area contributed by atoms with Gasteiger partial charge in [-0.3, -0.25) is 9.59 Å². The van der Waals surface area contributed by atoms with Crippen molar-refractivity contribution >= 4 is 17.5 Å². The minimum absolute atomic E-state index is 0.0187. The number of phenolic OH excluding ortho intramolecular Hbond substituents is 1. The van der Waals surface area contributed by atoms with Crippen LogP contribution in [0.2, 0.25) is 0 Å². The molecule has 0 atom stereocenters. The van der Waals surface area contributed by atoms with E-state index in [2.05, 4.69) is 0 Å². The third-order valence-corrected chi connectivity index (χ3v) is 3.71. The molecule has 1 fully saturated rings. The van der Waals surface area contributed by atoms with Crippen LogP contribution in [0.15, 0.2) is 18.2 Å². The van der Waals surface area contributed by atoms with Crippen molar-refractivity contribution < 1.29 is 14.7 Å². The summed E-state index contributed by atoms with van der Waals surface area (Å²) >= 11 is 0. The number of phenols is 1. The standard InChI is InChI=1S/C15H21N3O3/c1-2-14(20)17-6-3-7-18(9-8-17)15(21)12-10-11(19)4-5-13(12)16/h4-5,10,19H,2-3,6-9,16H2,1H3. The summed E-state index contributed by atoms with van der Waals surface area (Å²) in [6.45, 7) is 4.12. The number of amides is 2. The molecule has 3 N–H and O–H groups in total. The van der Waals surface area contributed by atoms with Gasteiger partial charge in [-0.25, -0.2) is 0 Å². The van der Waals surface area contributed by atoms with E-state index in [1.54, 1.807) is 9.80 Å². The molecule has 1 aliphatic heterocycles. The lowest BCUT2D eigenvalue weighted by Gasteiger charge is -2.22. The third kappa shape index (κ3) is 3.45. The van der Waals surface area contributed by atoms with Crippen molar-refractivity contribution in [1.29, 1.82) is 0 Å². The Hall–Kier alpha value is -2.24. The fraction of sp³-hybridized carbons (Fsp3) is 0.467. The maximum Gasteiger partial charge on any atom is 0.256 e. The molecule has 21 heavy (non-hydrogen) atoms. The van der Waals surface area contributed by atoms with Gasteiger partial charge < -0.3 is 20.6 Å². The monoisotopic (exact) mass is 291 g/mol. The van der Waals surface area contributed by atoms with Crippen molar-refractivity contribution in [1.82, 2.24) is 9.80 Å². The Morgan fingerprint density at radius 2 is 1.86 bits per heavy atom. The van der Waals surface area contributed by atoms with E-state index in [1.165, 1.54) is 18.2 Å². The number of rotatable bonds is 2. The van der Waals surface area contributed by atoms with Crippen molar-refractivity contribution in [2.45, 2.75) is 19.8 Å². The van der Waals surface area contributed by atoms with E-state index >= 15 is 0 Å². The molecule has 6 nitrogen and oxygen atoms in total. The summed E-state index contributed by atoms with van der Waals surface area (Å²) in [4.78, 5) is 27.7. The average Bonchev–Trinajstić information content (AvgIpc) is 2.74. The number of anilines is 1. The number of hydrogen-bond donors (Lipinski definition) is 2. The first-order valence-electron chi connectivity index (χ1n) is 7.18. The maximum atomic E-state index is 12.5. The van der Waals surface area contributed by atoms with Gasteiger partial charge in [-0.1, -0.05) is 6.92 Å². The number of hydrogen-bond acceptors (Lipinski definition) is 4. The van der Waals surface area contributed by atoms with Crippen molar-refractivity contribution in [3.05, 3.63) is 23.8 Å². The highest BCUT2D eigenvalue weighted by Crippen LogP contribution is 2.21. The Kier molecular flexibility index (Phi) is 4.67. The zero-order chi connectivity index (χ0) is 15.4. The topological polar surface area (TPSA) is 86.9 Å². The van der Waals surface area contributed by atoms with Gasteiger partial charge in [0.2, 0.25) is 5.91 Å².